The van der Waals surface area contributed by atoms with Crippen LogP contribution in [0.4, 0.5) is 0 Å². The molecule has 0 saturated carbocycles. The van der Waals surface area contributed by atoms with Crippen LogP contribution in [0, 0.1) is 3.57 Å². The number of hydrogen-bond acceptors (Lipinski definition) is 3. The minimum Gasteiger partial charge on any atom is -0.212 e. The van der Waals surface area contributed by atoms with Crippen molar-refractivity contribution in [2.45, 2.75) is 0 Å². The van der Waals surface area contributed by atoms with Crippen LogP contribution in [-0.2, 0) is 0 Å². The lowest BCUT2D eigenvalue weighted by molar-refractivity contribution is 0.869. The van der Waals surface area contributed by atoms with Crippen LogP contribution in [0.3, 0.4) is 0 Å². The van der Waals surface area contributed by atoms with E-state index in [1.54, 1.807) is 16.3 Å². The van der Waals surface area contributed by atoms with Gasteiger partial charge in [-0.1, -0.05) is 11.6 Å². The van der Waals surface area contributed by atoms with E-state index in [2.05, 4.69) is 32.7 Å². The maximum Gasteiger partial charge on any atom is 0.211 e. The van der Waals surface area contributed by atoms with Crippen LogP contribution in [0.1, 0.15) is 0 Å². The molecule has 0 atom stereocenters. The summed E-state index contributed by atoms with van der Waals surface area (Å²) >= 11 is 9.34. The van der Waals surface area contributed by atoms with E-state index >= 15 is 0 Å². The third-order valence-corrected chi connectivity index (χ3v) is 2.92. The summed E-state index contributed by atoms with van der Waals surface area (Å²) in [6, 6.07) is 0. The highest BCUT2D eigenvalue weighted by atomic mass is 127. The molecule has 0 amide bonds. The first-order chi connectivity index (χ1) is 5.75. The van der Waals surface area contributed by atoms with E-state index in [0.29, 0.717) is 5.15 Å². The Morgan fingerprint density at radius 1 is 1.58 bits per heavy atom. The average molecular weight is 312 g/mol. The lowest BCUT2D eigenvalue weighted by Gasteiger charge is -1.90. The van der Waals surface area contributed by atoms with E-state index in [1.165, 1.54) is 11.3 Å². The van der Waals surface area contributed by atoms with Crippen molar-refractivity contribution >= 4 is 45.5 Å². The molecule has 0 spiro atoms. The van der Waals surface area contributed by atoms with E-state index in [0.717, 1.165) is 8.70 Å². The standard InChI is InChI=1S/C6H3ClIN3S/c7-5-3-12-6(10-5)11-2-4(8)1-9-11/h1-3H. The fourth-order valence-electron chi connectivity index (χ4n) is 0.756. The fraction of sp³-hybridized carbons (Fsp3) is 0. The molecule has 0 aliphatic rings. The number of thiazole rings is 1. The minimum atomic E-state index is 0.514. The quantitative estimate of drug-likeness (QED) is 0.758. The molecule has 0 radical (unpaired) electrons. The Morgan fingerprint density at radius 3 is 2.92 bits per heavy atom. The minimum absolute atomic E-state index is 0.514. The van der Waals surface area contributed by atoms with Crippen molar-refractivity contribution in [1.82, 2.24) is 14.8 Å². The monoisotopic (exact) mass is 311 g/mol. The Morgan fingerprint density at radius 2 is 2.42 bits per heavy atom. The molecule has 0 unspecified atom stereocenters. The third-order valence-electron chi connectivity index (χ3n) is 1.21. The molecule has 6 heteroatoms. The number of aromatic nitrogens is 3. The van der Waals surface area contributed by atoms with Gasteiger partial charge < -0.3 is 0 Å². The second-order valence-corrected chi connectivity index (χ2v) is 4.53. The highest BCUT2D eigenvalue weighted by Gasteiger charge is 2.02. The summed E-state index contributed by atoms with van der Waals surface area (Å²) in [6.07, 6.45) is 3.67. The van der Waals surface area contributed by atoms with Crippen LogP contribution in [0.15, 0.2) is 17.8 Å². The van der Waals surface area contributed by atoms with Crippen LogP contribution in [0.25, 0.3) is 5.13 Å². The van der Waals surface area contributed by atoms with Crippen LogP contribution < -0.4 is 0 Å². The molecule has 0 aliphatic heterocycles. The van der Waals surface area contributed by atoms with Crippen LogP contribution in [0.2, 0.25) is 5.15 Å². The molecule has 62 valence electrons. The van der Waals surface area contributed by atoms with Crippen molar-refractivity contribution in [2.75, 3.05) is 0 Å². The first-order valence-electron chi connectivity index (χ1n) is 3.07. The average Bonchev–Trinajstić information content (AvgIpc) is 2.58. The molecule has 0 aliphatic carbocycles. The van der Waals surface area contributed by atoms with E-state index in [-0.39, 0.29) is 0 Å². The van der Waals surface area contributed by atoms with Crippen molar-refractivity contribution < 1.29 is 0 Å². The molecule has 0 saturated heterocycles. The molecule has 2 aromatic heterocycles. The molecule has 12 heavy (non-hydrogen) atoms. The lowest BCUT2D eigenvalue weighted by atomic mass is 10.7. The van der Waals surface area contributed by atoms with E-state index in [4.69, 9.17) is 11.6 Å². The maximum atomic E-state index is 5.67. The molecule has 2 aromatic rings. The lowest BCUT2D eigenvalue weighted by Crippen LogP contribution is -1.91. The number of hydrogen-bond donors (Lipinski definition) is 0. The topological polar surface area (TPSA) is 30.7 Å². The van der Waals surface area contributed by atoms with Crippen molar-refractivity contribution in [1.29, 1.82) is 0 Å². The smallest absolute Gasteiger partial charge is 0.211 e. The Bertz CT molecular complexity index is 359. The molecular formula is C6H3ClIN3S. The van der Waals surface area contributed by atoms with Gasteiger partial charge in [-0.3, -0.25) is 0 Å². The molecular weight excluding hydrogens is 309 g/mol. The van der Waals surface area contributed by atoms with Crippen LogP contribution >= 0.6 is 45.5 Å². The van der Waals surface area contributed by atoms with Crippen molar-refractivity contribution in [3.05, 3.63) is 26.5 Å². The van der Waals surface area contributed by atoms with Gasteiger partial charge in [-0.25, -0.2) is 9.67 Å². The molecule has 2 heterocycles. The maximum absolute atomic E-state index is 5.67. The Hall–Kier alpha value is -0.140. The van der Waals surface area contributed by atoms with Gasteiger partial charge in [0.2, 0.25) is 5.13 Å². The van der Waals surface area contributed by atoms with E-state index < -0.39 is 0 Å². The largest absolute Gasteiger partial charge is 0.212 e. The van der Waals surface area contributed by atoms with Gasteiger partial charge in [0.25, 0.3) is 0 Å². The zero-order chi connectivity index (χ0) is 8.55. The first-order valence-corrected chi connectivity index (χ1v) is 5.41. The molecule has 0 fully saturated rings. The molecule has 3 nitrogen and oxygen atoms in total. The Labute approximate surface area is 91.5 Å². The highest BCUT2D eigenvalue weighted by Crippen LogP contribution is 2.18. The summed E-state index contributed by atoms with van der Waals surface area (Å²) in [5, 5.41) is 7.19. The van der Waals surface area contributed by atoms with Gasteiger partial charge in [0.1, 0.15) is 5.15 Å². The number of rotatable bonds is 1. The zero-order valence-electron chi connectivity index (χ0n) is 5.74. The zero-order valence-corrected chi connectivity index (χ0v) is 9.47. The highest BCUT2D eigenvalue weighted by molar-refractivity contribution is 14.1. The summed E-state index contributed by atoms with van der Waals surface area (Å²) in [6.45, 7) is 0. The second kappa shape index (κ2) is 3.31. The number of halogens is 2. The molecule has 0 bridgehead atoms. The molecule has 0 N–H and O–H groups in total. The van der Waals surface area contributed by atoms with Gasteiger partial charge in [0.15, 0.2) is 0 Å². The van der Waals surface area contributed by atoms with Gasteiger partial charge in [-0.05, 0) is 22.6 Å². The summed E-state index contributed by atoms with van der Waals surface area (Å²) in [5.74, 6) is 0. The van der Waals surface area contributed by atoms with Crippen molar-refractivity contribution in [3.8, 4) is 5.13 Å². The van der Waals surface area contributed by atoms with Gasteiger partial charge in [0, 0.05) is 11.6 Å². The van der Waals surface area contributed by atoms with E-state index in [9.17, 15) is 0 Å². The Balaban J connectivity index is 2.43. The normalized spacial score (nSPS) is 10.5. The summed E-state index contributed by atoms with van der Waals surface area (Å²) in [5.41, 5.74) is 0. The third kappa shape index (κ3) is 1.62. The summed E-state index contributed by atoms with van der Waals surface area (Å²) < 4.78 is 2.79. The van der Waals surface area contributed by atoms with Gasteiger partial charge >= 0.3 is 0 Å². The molecule has 2 rings (SSSR count). The van der Waals surface area contributed by atoms with Gasteiger partial charge in [0.05, 0.1) is 9.77 Å². The first kappa shape index (κ1) is 8.46. The Kier molecular flexibility index (Phi) is 2.33. The predicted molar refractivity (Wildman–Crippen MR) is 57.0 cm³/mol. The second-order valence-electron chi connectivity index (χ2n) is 2.06. The number of nitrogens with zero attached hydrogens (tertiary/aromatic N) is 3. The predicted octanol–water partition coefficient (Wildman–Crippen LogP) is 2.59. The summed E-state index contributed by atoms with van der Waals surface area (Å²) in [7, 11) is 0. The fourth-order valence-corrected chi connectivity index (χ4v) is 2.02. The molecule has 0 aromatic carbocycles. The van der Waals surface area contributed by atoms with Crippen LogP contribution in [0.5, 0.6) is 0 Å². The van der Waals surface area contributed by atoms with Gasteiger partial charge in [-0.15, -0.1) is 11.3 Å². The summed E-state index contributed by atoms with van der Waals surface area (Å²) in [4.78, 5) is 4.08. The van der Waals surface area contributed by atoms with Crippen LogP contribution in [-0.4, -0.2) is 14.8 Å². The van der Waals surface area contributed by atoms with Crippen molar-refractivity contribution in [3.63, 3.8) is 0 Å². The van der Waals surface area contributed by atoms with E-state index in [1.807, 2.05) is 6.20 Å². The van der Waals surface area contributed by atoms with Crippen molar-refractivity contribution in [2.24, 2.45) is 0 Å². The SMILES string of the molecule is Clc1csc(-n2cc(I)cn2)n1. The van der Waals surface area contributed by atoms with Gasteiger partial charge in [-0.2, -0.15) is 5.10 Å².